The summed E-state index contributed by atoms with van der Waals surface area (Å²) in [6, 6.07) is 7.44. The second-order valence-corrected chi connectivity index (χ2v) is 4.99. The second-order valence-electron chi connectivity index (χ2n) is 4.99. The molecule has 1 N–H and O–H groups in total. The van der Waals surface area contributed by atoms with Gasteiger partial charge in [-0.2, -0.15) is 0 Å². The molecule has 2 unspecified atom stereocenters. The first-order chi connectivity index (χ1) is 7.36. The lowest BCUT2D eigenvalue weighted by Crippen LogP contribution is -2.31. The lowest BCUT2D eigenvalue weighted by molar-refractivity contribution is 0.456. The number of aryl methyl sites for hydroxylation is 1. The predicted octanol–water partition coefficient (Wildman–Crippen LogP) is 3.16. The van der Waals surface area contributed by atoms with Crippen LogP contribution in [-0.2, 0) is 6.42 Å². The van der Waals surface area contributed by atoms with Gasteiger partial charge in [0.05, 0.1) is 0 Å². The van der Waals surface area contributed by atoms with Crippen LogP contribution < -0.4 is 5.32 Å². The van der Waals surface area contributed by atoms with Crippen molar-refractivity contribution in [2.45, 2.75) is 44.6 Å². The summed E-state index contributed by atoms with van der Waals surface area (Å²) in [7, 11) is 0. The largest absolute Gasteiger partial charge is 0.310 e. The van der Waals surface area contributed by atoms with Crippen LogP contribution in [0.5, 0.6) is 0 Å². The second kappa shape index (κ2) is 3.64. The highest BCUT2D eigenvalue weighted by atomic mass is 14.9. The van der Waals surface area contributed by atoms with Gasteiger partial charge in [-0.3, -0.25) is 0 Å². The molecule has 1 heterocycles. The fourth-order valence-electron chi connectivity index (χ4n) is 3.21. The molecule has 0 radical (unpaired) electrons. The molecule has 80 valence electrons. The SMILES string of the molecule is CC1NCC2CCCCc3cccc1c32. The fraction of sp³-hybridized carbons (Fsp3) is 0.571. The first-order valence-corrected chi connectivity index (χ1v) is 6.21. The third-order valence-electron chi connectivity index (χ3n) is 4.02. The highest BCUT2D eigenvalue weighted by molar-refractivity contribution is 5.42. The van der Waals surface area contributed by atoms with Crippen molar-refractivity contribution in [3.05, 3.63) is 34.9 Å². The molecule has 0 fully saturated rings. The zero-order valence-corrected chi connectivity index (χ0v) is 9.42. The summed E-state index contributed by atoms with van der Waals surface area (Å²) < 4.78 is 0. The third-order valence-corrected chi connectivity index (χ3v) is 4.02. The number of benzene rings is 1. The lowest BCUT2D eigenvalue weighted by atomic mass is 9.83. The molecular weight excluding hydrogens is 182 g/mol. The Kier molecular flexibility index (Phi) is 2.28. The van der Waals surface area contributed by atoms with Gasteiger partial charge in [0.1, 0.15) is 0 Å². The first-order valence-electron chi connectivity index (χ1n) is 6.21. The van der Waals surface area contributed by atoms with E-state index in [0.29, 0.717) is 6.04 Å². The Balaban J connectivity index is 2.15. The molecule has 2 aliphatic rings. The summed E-state index contributed by atoms with van der Waals surface area (Å²) in [5, 5.41) is 3.63. The van der Waals surface area contributed by atoms with Crippen LogP contribution in [0.15, 0.2) is 18.2 Å². The first kappa shape index (κ1) is 9.41. The Labute approximate surface area is 91.9 Å². The maximum Gasteiger partial charge on any atom is 0.0294 e. The van der Waals surface area contributed by atoms with E-state index < -0.39 is 0 Å². The minimum absolute atomic E-state index is 0.550. The van der Waals surface area contributed by atoms with E-state index in [4.69, 9.17) is 0 Å². The standard InChI is InChI=1S/C14H19N/c1-10-13-8-4-7-11-5-2-3-6-12(9-15-10)14(11)13/h4,7-8,10,12,15H,2-3,5-6,9H2,1H3. The van der Waals surface area contributed by atoms with E-state index in [-0.39, 0.29) is 0 Å². The van der Waals surface area contributed by atoms with Gasteiger partial charge >= 0.3 is 0 Å². The maximum absolute atomic E-state index is 3.63. The van der Waals surface area contributed by atoms with Gasteiger partial charge in [-0.25, -0.2) is 0 Å². The predicted molar refractivity (Wildman–Crippen MR) is 63.2 cm³/mol. The Morgan fingerprint density at radius 2 is 2.20 bits per heavy atom. The van der Waals surface area contributed by atoms with Crippen molar-refractivity contribution in [2.75, 3.05) is 6.54 Å². The van der Waals surface area contributed by atoms with Gasteiger partial charge in [-0.15, -0.1) is 0 Å². The van der Waals surface area contributed by atoms with Crippen molar-refractivity contribution < 1.29 is 0 Å². The fourth-order valence-corrected chi connectivity index (χ4v) is 3.21. The molecule has 1 aliphatic heterocycles. The number of rotatable bonds is 0. The number of nitrogens with one attached hydrogen (secondary N) is 1. The van der Waals surface area contributed by atoms with E-state index >= 15 is 0 Å². The molecule has 0 spiro atoms. The average Bonchev–Trinajstić information content (AvgIpc) is 2.47. The van der Waals surface area contributed by atoms with Crippen LogP contribution in [0.2, 0.25) is 0 Å². The van der Waals surface area contributed by atoms with Crippen LogP contribution in [0.3, 0.4) is 0 Å². The third kappa shape index (κ3) is 1.50. The van der Waals surface area contributed by atoms with E-state index in [2.05, 4.69) is 30.4 Å². The average molecular weight is 201 g/mol. The van der Waals surface area contributed by atoms with Crippen molar-refractivity contribution in [3.63, 3.8) is 0 Å². The molecule has 1 aromatic carbocycles. The summed E-state index contributed by atoms with van der Waals surface area (Å²) in [6.45, 7) is 3.47. The van der Waals surface area contributed by atoms with Gasteiger partial charge in [0.2, 0.25) is 0 Å². The Morgan fingerprint density at radius 3 is 3.13 bits per heavy atom. The minimum atomic E-state index is 0.550. The summed E-state index contributed by atoms with van der Waals surface area (Å²) >= 11 is 0. The van der Waals surface area contributed by atoms with E-state index in [9.17, 15) is 0 Å². The highest BCUT2D eigenvalue weighted by Crippen LogP contribution is 2.38. The Hall–Kier alpha value is -0.820. The molecule has 1 heteroatoms. The smallest absolute Gasteiger partial charge is 0.0294 e. The maximum atomic E-state index is 3.63. The van der Waals surface area contributed by atoms with Crippen LogP contribution in [-0.4, -0.2) is 6.54 Å². The lowest BCUT2D eigenvalue weighted by Gasteiger charge is -2.31. The van der Waals surface area contributed by atoms with Gasteiger partial charge in [0.15, 0.2) is 0 Å². The molecule has 1 nitrogen and oxygen atoms in total. The highest BCUT2D eigenvalue weighted by Gasteiger charge is 2.27. The molecule has 0 saturated heterocycles. The molecule has 1 aliphatic carbocycles. The molecule has 0 saturated carbocycles. The van der Waals surface area contributed by atoms with Crippen molar-refractivity contribution in [1.82, 2.24) is 5.32 Å². The number of hydrogen-bond donors (Lipinski definition) is 1. The topological polar surface area (TPSA) is 12.0 Å². The Morgan fingerprint density at radius 1 is 1.27 bits per heavy atom. The van der Waals surface area contributed by atoms with Gasteiger partial charge in [-0.1, -0.05) is 24.6 Å². The van der Waals surface area contributed by atoms with Gasteiger partial charge in [0, 0.05) is 12.6 Å². The van der Waals surface area contributed by atoms with Crippen LogP contribution in [0.1, 0.15) is 54.8 Å². The van der Waals surface area contributed by atoms with Crippen LogP contribution in [0, 0.1) is 0 Å². The van der Waals surface area contributed by atoms with Gasteiger partial charge < -0.3 is 5.32 Å². The monoisotopic (exact) mass is 201 g/mol. The van der Waals surface area contributed by atoms with E-state index in [1.54, 1.807) is 16.7 Å². The summed E-state index contributed by atoms with van der Waals surface area (Å²) in [5.74, 6) is 0.787. The molecule has 15 heavy (non-hydrogen) atoms. The number of hydrogen-bond acceptors (Lipinski definition) is 1. The zero-order chi connectivity index (χ0) is 10.3. The normalized spacial score (nSPS) is 29.4. The van der Waals surface area contributed by atoms with Gasteiger partial charge in [-0.05, 0) is 48.8 Å². The van der Waals surface area contributed by atoms with Crippen molar-refractivity contribution in [3.8, 4) is 0 Å². The molecule has 2 atom stereocenters. The summed E-state index contributed by atoms with van der Waals surface area (Å²) in [5.41, 5.74) is 4.88. The zero-order valence-electron chi connectivity index (χ0n) is 9.42. The van der Waals surface area contributed by atoms with Crippen LogP contribution in [0.25, 0.3) is 0 Å². The summed E-state index contributed by atoms with van der Waals surface area (Å²) in [4.78, 5) is 0. The van der Waals surface area contributed by atoms with E-state index in [1.165, 1.54) is 32.2 Å². The molecule has 3 rings (SSSR count). The van der Waals surface area contributed by atoms with Crippen LogP contribution >= 0.6 is 0 Å². The molecule has 0 aromatic heterocycles. The summed E-state index contributed by atoms with van der Waals surface area (Å²) in [6.07, 6.45) is 5.45. The van der Waals surface area contributed by atoms with Crippen molar-refractivity contribution >= 4 is 0 Å². The quantitative estimate of drug-likeness (QED) is 0.680. The molecule has 0 amide bonds. The molecule has 0 bridgehead atoms. The van der Waals surface area contributed by atoms with Crippen molar-refractivity contribution in [1.29, 1.82) is 0 Å². The molecular formula is C14H19N. The van der Waals surface area contributed by atoms with Gasteiger partial charge in [0.25, 0.3) is 0 Å². The van der Waals surface area contributed by atoms with Crippen LogP contribution in [0.4, 0.5) is 0 Å². The molecule has 1 aromatic rings. The van der Waals surface area contributed by atoms with Crippen molar-refractivity contribution in [2.24, 2.45) is 0 Å². The van der Waals surface area contributed by atoms with E-state index in [0.717, 1.165) is 5.92 Å². The minimum Gasteiger partial charge on any atom is -0.310 e. The van der Waals surface area contributed by atoms with E-state index in [1.807, 2.05) is 0 Å². The Bertz CT molecular complexity index is 370.